The number of rotatable bonds is 8. The van der Waals surface area contributed by atoms with Crippen LogP contribution in [0.4, 0.5) is 10.1 Å². The second-order valence-electron chi connectivity index (χ2n) is 8.13. The van der Waals surface area contributed by atoms with Crippen molar-refractivity contribution in [2.24, 2.45) is 0 Å². The summed E-state index contributed by atoms with van der Waals surface area (Å²) in [5, 5.41) is 2.51. The van der Waals surface area contributed by atoms with Crippen molar-refractivity contribution in [1.29, 1.82) is 0 Å². The van der Waals surface area contributed by atoms with Crippen LogP contribution in [0.15, 0.2) is 53.4 Å². The number of para-hydroxylation sites is 1. The number of halogens is 1. The Hall–Kier alpha value is -2.98. The van der Waals surface area contributed by atoms with Crippen molar-refractivity contribution in [3.8, 4) is 0 Å². The molecule has 1 aliphatic rings. The van der Waals surface area contributed by atoms with Gasteiger partial charge in [-0.15, -0.1) is 0 Å². The van der Waals surface area contributed by atoms with Crippen LogP contribution in [0.3, 0.4) is 0 Å². The molecule has 0 bridgehead atoms. The van der Waals surface area contributed by atoms with Crippen LogP contribution in [0.1, 0.15) is 30.6 Å². The molecule has 0 radical (unpaired) electrons. The molecule has 2 aromatic carbocycles. The Morgan fingerprint density at radius 1 is 1.03 bits per heavy atom. The lowest BCUT2D eigenvalue weighted by molar-refractivity contribution is -0.131. The summed E-state index contributed by atoms with van der Waals surface area (Å²) in [5.41, 5.74) is 0.734. The molecule has 2 aromatic rings. The van der Waals surface area contributed by atoms with E-state index in [0.29, 0.717) is 13.1 Å². The summed E-state index contributed by atoms with van der Waals surface area (Å²) in [4.78, 5) is 28.7. The Labute approximate surface area is 193 Å². The molecule has 1 heterocycles. The molecule has 178 valence electrons. The lowest BCUT2D eigenvalue weighted by Gasteiger charge is -2.36. The third-order valence-corrected chi connectivity index (χ3v) is 6.92. The minimum Gasteiger partial charge on any atom is -0.368 e. The first-order valence-electron chi connectivity index (χ1n) is 10.9. The minimum absolute atomic E-state index is 0.0250. The van der Waals surface area contributed by atoms with E-state index in [9.17, 15) is 22.4 Å². The van der Waals surface area contributed by atoms with Crippen molar-refractivity contribution in [2.75, 3.05) is 37.6 Å². The average molecular weight is 477 g/mol. The van der Waals surface area contributed by atoms with Crippen molar-refractivity contribution >= 4 is 27.5 Å². The SMILES string of the molecule is CC(C)NS(=O)(=O)c1ccc(F)c(C(=O)NCCC(=O)N2CCN(c3ccccc3)CC2)c1. The number of hydrogen-bond acceptors (Lipinski definition) is 5. The van der Waals surface area contributed by atoms with Crippen LogP contribution in [0.25, 0.3) is 0 Å². The van der Waals surface area contributed by atoms with Crippen molar-refractivity contribution < 1.29 is 22.4 Å². The Kier molecular flexibility index (Phi) is 8.04. The van der Waals surface area contributed by atoms with Gasteiger partial charge in [-0.25, -0.2) is 17.5 Å². The van der Waals surface area contributed by atoms with E-state index >= 15 is 0 Å². The fourth-order valence-electron chi connectivity index (χ4n) is 3.61. The van der Waals surface area contributed by atoms with Gasteiger partial charge in [0.25, 0.3) is 5.91 Å². The summed E-state index contributed by atoms with van der Waals surface area (Å²) in [5.74, 6) is -1.70. The first-order chi connectivity index (χ1) is 15.7. The number of amides is 2. The fraction of sp³-hybridized carbons (Fsp3) is 0.391. The molecule has 1 aliphatic heterocycles. The summed E-state index contributed by atoms with van der Waals surface area (Å²) < 4.78 is 41.2. The van der Waals surface area contributed by atoms with Gasteiger partial charge in [-0.3, -0.25) is 9.59 Å². The highest BCUT2D eigenvalue weighted by Gasteiger charge is 2.22. The lowest BCUT2D eigenvalue weighted by atomic mass is 10.2. The molecule has 10 heteroatoms. The quantitative estimate of drug-likeness (QED) is 0.607. The number of piperazine rings is 1. The van der Waals surface area contributed by atoms with Crippen LogP contribution in [0, 0.1) is 5.82 Å². The van der Waals surface area contributed by atoms with Gasteiger partial charge in [0.15, 0.2) is 0 Å². The van der Waals surface area contributed by atoms with E-state index in [0.717, 1.165) is 37.0 Å². The second-order valence-corrected chi connectivity index (χ2v) is 9.84. The maximum atomic E-state index is 14.2. The van der Waals surface area contributed by atoms with Crippen molar-refractivity contribution in [3.63, 3.8) is 0 Å². The van der Waals surface area contributed by atoms with E-state index in [1.54, 1.807) is 18.7 Å². The monoisotopic (exact) mass is 476 g/mol. The van der Waals surface area contributed by atoms with Crippen LogP contribution in [-0.2, 0) is 14.8 Å². The predicted molar refractivity (Wildman–Crippen MR) is 124 cm³/mol. The van der Waals surface area contributed by atoms with E-state index in [1.807, 2.05) is 30.3 Å². The molecule has 3 rings (SSSR count). The average Bonchev–Trinajstić information content (AvgIpc) is 2.79. The van der Waals surface area contributed by atoms with Crippen LogP contribution < -0.4 is 14.9 Å². The molecular formula is C23H29FN4O4S. The van der Waals surface area contributed by atoms with E-state index < -0.39 is 21.7 Å². The van der Waals surface area contributed by atoms with Gasteiger partial charge in [0, 0.05) is 50.9 Å². The van der Waals surface area contributed by atoms with E-state index in [1.165, 1.54) is 0 Å². The zero-order valence-corrected chi connectivity index (χ0v) is 19.6. The first-order valence-corrected chi connectivity index (χ1v) is 12.3. The van der Waals surface area contributed by atoms with Gasteiger partial charge in [0.2, 0.25) is 15.9 Å². The van der Waals surface area contributed by atoms with Crippen LogP contribution >= 0.6 is 0 Å². The smallest absolute Gasteiger partial charge is 0.254 e. The molecule has 1 fully saturated rings. The number of carbonyl (C=O) groups is 2. The largest absolute Gasteiger partial charge is 0.368 e. The van der Waals surface area contributed by atoms with Gasteiger partial charge in [0.05, 0.1) is 10.5 Å². The number of nitrogens with one attached hydrogen (secondary N) is 2. The number of nitrogens with zero attached hydrogens (tertiary/aromatic N) is 2. The van der Waals surface area contributed by atoms with Gasteiger partial charge in [0.1, 0.15) is 5.82 Å². The third-order valence-electron chi connectivity index (χ3n) is 5.26. The van der Waals surface area contributed by atoms with Crippen LogP contribution in [-0.4, -0.2) is 63.9 Å². The fourth-order valence-corrected chi connectivity index (χ4v) is 4.89. The molecule has 0 saturated carbocycles. The topological polar surface area (TPSA) is 98.8 Å². The van der Waals surface area contributed by atoms with Crippen molar-refractivity contribution in [3.05, 3.63) is 59.9 Å². The highest BCUT2D eigenvalue weighted by atomic mass is 32.2. The van der Waals surface area contributed by atoms with Gasteiger partial charge >= 0.3 is 0 Å². The number of carbonyl (C=O) groups excluding carboxylic acids is 2. The molecule has 1 saturated heterocycles. The Balaban J connectivity index is 1.51. The Bertz CT molecular complexity index is 1080. The third kappa shape index (κ3) is 6.52. The minimum atomic E-state index is -3.87. The summed E-state index contributed by atoms with van der Waals surface area (Å²) in [6, 6.07) is 12.7. The highest BCUT2D eigenvalue weighted by Crippen LogP contribution is 2.17. The van der Waals surface area contributed by atoms with E-state index in [-0.39, 0.29) is 35.4 Å². The summed E-state index contributed by atoms with van der Waals surface area (Å²) in [6.45, 7) is 5.95. The predicted octanol–water partition coefficient (Wildman–Crippen LogP) is 1.98. The molecule has 0 unspecified atom stereocenters. The summed E-state index contributed by atoms with van der Waals surface area (Å²) in [6.07, 6.45) is 0.0750. The molecule has 0 atom stereocenters. The van der Waals surface area contributed by atoms with E-state index in [2.05, 4.69) is 14.9 Å². The van der Waals surface area contributed by atoms with Gasteiger partial charge in [-0.1, -0.05) is 18.2 Å². The molecule has 2 N–H and O–H groups in total. The number of anilines is 1. The van der Waals surface area contributed by atoms with Crippen LogP contribution in [0.2, 0.25) is 0 Å². The summed E-state index contributed by atoms with van der Waals surface area (Å²) >= 11 is 0. The maximum Gasteiger partial charge on any atom is 0.254 e. The maximum absolute atomic E-state index is 14.2. The van der Waals surface area contributed by atoms with Gasteiger partial charge in [-0.2, -0.15) is 0 Å². The Morgan fingerprint density at radius 3 is 2.33 bits per heavy atom. The van der Waals surface area contributed by atoms with E-state index in [4.69, 9.17) is 0 Å². The summed E-state index contributed by atoms with van der Waals surface area (Å²) in [7, 11) is -3.87. The molecule has 0 aromatic heterocycles. The highest BCUT2D eigenvalue weighted by molar-refractivity contribution is 7.89. The number of benzene rings is 2. The molecule has 8 nitrogen and oxygen atoms in total. The molecule has 2 amide bonds. The molecular weight excluding hydrogens is 447 g/mol. The zero-order chi connectivity index (χ0) is 24.0. The first kappa shape index (κ1) is 24.7. The Morgan fingerprint density at radius 2 is 1.70 bits per heavy atom. The van der Waals surface area contributed by atoms with Crippen LogP contribution in [0.5, 0.6) is 0 Å². The zero-order valence-electron chi connectivity index (χ0n) is 18.8. The van der Waals surface area contributed by atoms with Gasteiger partial charge < -0.3 is 15.1 Å². The molecule has 0 spiro atoms. The number of sulfonamides is 1. The lowest BCUT2D eigenvalue weighted by Crippen LogP contribution is -2.49. The normalized spacial score (nSPS) is 14.4. The number of hydrogen-bond donors (Lipinski definition) is 2. The van der Waals surface area contributed by atoms with Gasteiger partial charge in [-0.05, 0) is 44.2 Å². The van der Waals surface area contributed by atoms with Crippen molar-refractivity contribution in [1.82, 2.24) is 14.9 Å². The standard InChI is InChI=1S/C23H29FN4O4S/c1-17(2)26-33(31,32)19-8-9-21(24)20(16-19)23(30)25-11-10-22(29)28-14-12-27(13-15-28)18-6-4-3-5-7-18/h3-9,16-17,26H,10-15H2,1-2H3,(H,25,30). The molecule has 0 aliphatic carbocycles. The molecule has 33 heavy (non-hydrogen) atoms. The second kappa shape index (κ2) is 10.8. The van der Waals surface area contributed by atoms with Crippen molar-refractivity contribution in [2.45, 2.75) is 31.2 Å².